The zero-order valence-corrected chi connectivity index (χ0v) is 13.5. The van der Waals surface area contributed by atoms with E-state index in [1.54, 1.807) is 6.07 Å². The van der Waals surface area contributed by atoms with Crippen LogP contribution < -0.4 is 5.32 Å². The van der Waals surface area contributed by atoms with Crippen LogP contribution in [0.1, 0.15) is 5.56 Å². The molecule has 2 aromatic carbocycles. The van der Waals surface area contributed by atoms with E-state index in [1.165, 1.54) is 12.1 Å². The highest BCUT2D eigenvalue weighted by atomic mass is 79.9. The van der Waals surface area contributed by atoms with Crippen LogP contribution in [-0.4, -0.2) is 4.92 Å². The molecule has 0 aliphatic heterocycles. The normalized spacial score (nSPS) is 10.5. The standard InChI is InChI=1S/C13H8Br2F2N2O2/c14-8-1-7(2-9(3-8)19(20)21)6-18-13-5-11(16)10(15)4-12(13)17/h1-5,18H,6H2. The Morgan fingerprint density at radius 2 is 1.81 bits per heavy atom. The van der Waals surface area contributed by atoms with Gasteiger partial charge in [0.2, 0.25) is 0 Å². The number of nitrogens with one attached hydrogen (secondary N) is 1. The predicted octanol–water partition coefficient (Wildman–Crippen LogP) is 5.01. The summed E-state index contributed by atoms with van der Waals surface area (Å²) < 4.78 is 27.6. The van der Waals surface area contributed by atoms with Crippen molar-refractivity contribution in [2.24, 2.45) is 0 Å². The Labute approximate surface area is 135 Å². The van der Waals surface area contributed by atoms with E-state index >= 15 is 0 Å². The largest absolute Gasteiger partial charge is 0.379 e. The third-order valence-corrected chi connectivity index (χ3v) is 3.71. The molecule has 0 aliphatic carbocycles. The van der Waals surface area contributed by atoms with Crippen LogP contribution in [0.3, 0.4) is 0 Å². The smallest absolute Gasteiger partial charge is 0.270 e. The van der Waals surface area contributed by atoms with Crippen molar-refractivity contribution in [3.63, 3.8) is 0 Å². The van der Waals surface area contributed by atoms with E-state index in [2.05, 4.69) is 37.2 Å². The van der Waals surface area contributed by atoms with Gasteiger partial charge in [0.15, 0.2) is 0 Å². The van der Waals surface area contributed by atoms with Gasteiger partial charge in [-0.3, -0.25) is 10.1 Å². The van der Waals surface area contributed by atoms with Gasteiger partial charge in [0.1, 0.15) is 11.6 Å². The van der Waals surface area contributed by atoms with E-state index in [0.717, 1.165) is 12.1 Å². The molecule has 8 heteroatoms. The molecule has 0 radical (unpaired) electrons. The number of hydrogen-bond donors (Lipinski definition) is 1. The van der Waals surface area contributed by atoms with Crippen molar-refractivity contribution < 1.29 is 13.7 Å². The van der Waals surface area contributed by atoms with Crippen LogP contribution in [-0.2, 0) is 6.54 Å². The van der Waals surface area contributed by atoms with Crippen molar-refractivity contribution in [2.75, 3.05) is 5.32 Å². The third-order valence-electron chi connectivity index (χ3n) is 2.65. The van der Waals surface area contributed by atoms with Crippen LogP contribution in [0.4, 0.5) is 20.2 Å². The topological polar surface area (TPSA) is 55.2 Å². The van der Waals surface area contributed by atoms with Crippen LogP contribution in [0.2, 0.25) is 0 Å². The second kappa shape index (κ2) is 6.48. The van der Waals surface area contributed by atoms with Crippen LogP contribution in [0.5, 0.6) is 0 Å². The lowest BCUT2D eigenvalue weighted by Gasteiger charge is -2.09. The summed E-state index contributed by atoms with van der Waals surface area (Å²) in [5.74, 6) is -1.22. The van der Waals surface area contributed by atoms with E-state index in [-0.39, 0.29) is 22.4 Å². The monoisotopic (exact) mass is 420 g/mol. The Balaban J connectivity index is 2.20. The minimum Gasteiger partial charge on any atom is -0.379 e. The number of hydrogen-bond acceptors (Lipinski definition) is 3. The molecule has 0 aliphatic rings. The molecule has 1 N–H and O–H groups in total. The quantitative estimate of drug-likeness (QED) is 0.429. The Hall–Kier alpha value is -1.54. The Morgan fingerprint density at radius 3 is 2.48 bits per heavy atom. The van der Waals surface area contributed by atoms with E-state index in [9.17, 15) is 18.9 Å². The maximum Gasteiger partial charge on any atom is 0.270 e. The molecular formula is C13H8Br2F2N2O2. The van der Waals surface area contributed by atoms with Crippen molar-refractivity contribution in [1.82, 2.24) is 0 Å². The summed E-state index contributed by atoms with van der Waals surface area (Å²) >= 11 is 6.06. The van der Waals surface area contributed by atoms with E-state index in [1.807, 2.05) is 0 Å². The minimum absolute atomic E-state index is 0.0154. The van der Waals surface area contributed by atoms with Crippen molar-refractivity contribution in [3.8, 4) is 0 Å². The number of benzene rings is 2. The number of rotatable bonds is 4. The molecule has 2 aromatic rings. The summed E-state index contributed by atoms with van der Waals surface area (Å²) in [5.41, 5.74) is 0.473. The fourth-order valence-electron chi connectivity index (χ4n) is 1.70. The number of nitrogens with zero attached hydrogens (tertiary/aromatic N) is 1. The summed E-state index contributed by atoms with van der Waals surface area (Å²) in [6.07, 6.45) is 0. The summed E-state index contributed by atoms with van der Waals surface area (Å²) in [5, 5.41) is 13.5. The first-order valence-corrected chi connectivity index (χ1v) is 7.27. The van der Waals surface area contributed by atoms with Gasteiger partial charge < -0.3 is 5.32 Å². The summed E-state index contributed by atoms with van der Waals surface area (Å²) in [6.45, 7) is 0.123. The molecule has 0 aromatic heterocycles. The van der Waals surface area contributed by atoms with Gasteiger partial charge >= 0.3 is 0 Å². The number of anilines is 1. The molecule has 0 amide bonds. The molecule has 0 atom stereocenters. The van der Waals surface area contributed by atoms with Gasteiger partial charge in [-0.15, -0.1) is 0 Å². The number of nitro benzene ring substituents is 1. The molecular weight excluding hydrogens is 414 g/mol. The maximum absolute atomic E-state index is 13.6. The van der Waals surface area contributed by atoms with Crippen LogP contribution in [0, 0.1) is 21.7 Å². The summed E-state index contributed by atoms with van der Waals surface area (Å²) in [4.78, 5) is 10.2. The van der Waals surface area contributed by atoms with Gasteiger partial charge in [0.25, 0.3) is 5.69 Å². The van der Waals surface area contributed by atoms with Crippen molar-refractivity contribution in [1.29, 1.82) is 0 Å². The SMILES string of the molecule is O=[N+]([O-])c1cc(Br)cc(CNc2cc(F)c(Br)cc2F)c1. The maximum atomic E-state index is 13.6. The van der Waals surface area contributed by atoms with E-state index in [4.69, 9.17) is 0 Å². The van der Waals surface area contributed by atoms with Crippen LogP contribution in [0.25, 0.3) is 0 Å². The van der Waals surface area contributed by atoms with E-state index in [0.29, 0.717) is 10.0 Å². The van der Waals surface area contributed by atoms with Crippen molar-refractivity contribution >= 4 is 43.2 Å². The number of halogens is 4. The lowest BCUT2D eigenvalue weighted by atomic mass is 10.2. The molecule has 2 rings (SSSR count). The zero-order valence-electron chi connectivity index (χ0n) is 10.4. The Bertz CT molecular complexity index is 711. The molecule has 21 heavy (non-hydrogen) atoms. The van der Waals surface area contributed by atoms with Crippen molar-refractivity contribution in [3.05, 3.63) is 66.6 Å². The van der Waals surface area contributed by atoms with Gasteiger partial charge in [-0.1, -0.05) is 15.9 Å². The van der Waals surface area contributed by atoms with Crippen LogP contribution in [0.15, 0.2) is 39.3 Å². The van der Waals surface area contributed by atoms with Gasteiger partial charge in [-0.25, -0.2) is 8.78 Å². The first kappa shape index (κ1) is 15.8. The third kappa shape index (κ3) is 3.98. The molecule has 0 heterocycles. The van der Waals surface area contributed by atoms with Gasteiger partial charge in [0.05, 0.1) is 15.1 Å². The number of nitro groups is 1. The zero-order chi connectivity index (χ0) is 15.6. The first-order valence-electron chi connectivity index (χ1n) is 5.69. The molecule has 0 saturated heterocycles. The highest BCUT2D eigenvalue weighted by Gasteiger charge is 2.11. The minimum atomic E-state index is -0.618. The molecule has 0 fully saturated rings. The molecule has 0 unspecified atom stereocenters. The second-order valence-electron chi connectivity index (χ2n) is 4.17. The fraction of sp³-hybridized carbons (Fsp3) is 0.0769. The molecule has 4 nitrogen and oxygen atoms in total. The second-order valence-corrected chi connectivity index (χ2v) is 5.94. The lowest BCUT2D eigenvalue weighted by Crippen LogP contribution is -2.03. The van der Waals surface area contributed by atoms with Crippen LogP contribution >= 0.6 is 31.9 Å². The molecule has 0 spiro atoms. The summed E-state index contributed by atoms with van der Waals surface area (Å²) in [6, 6.07) is 6.42. The van der Waals surface area contributed by atoms with Crippen molar-refractivity contribution in [2.45, 2.75) is 6.54 Å². The Kier molecular flexibility index (Phi) is 4.89. The summed E-state index contributed by atoms with van der Waals surface area (Å²) in [7, 11) is 0. The Morgan fingerprint density at radius 1 is 1.10 bits per heavy atom. The molecule has 0 saturated carbocycles. The average Bonchev–Trinajstić information content (AvgIpc) is 2.40. The molecule has 0 bridgehead atoms. The van der Waals surface area contributed by atoms with E-state index < -0.39 is 16.6 Å². The highest BCUT2D eigenvalue weighted by molar-refractivity contribution is 9.10. The predicted molar refractivity (Wildman–Crippen MR) is 82.2 cm³/mol. The lowest BCUT2D eigenvalue weighted by molar-refractivity contribution is -0.385. The number of non-ortho nitro benzene ring substituents is 1. The first-order chi connectivity index (χ1) is 9.86. The average molecular weight is 422 g/mol. The molecule has 110 valence electrons. The van der Waals surface area contributed by atoms with Gasteiger partial charge in [-0.05, 0) is 33.6 Å². The van der Waals surface area contributed by atoms with Gasteiger partial charge in [0, 0.05) is 29.2 Å². The highest BCUT2D eigenvalue weighted by Crippen LogP contribution is 2.25. The fourth-order valence-corrected chi connectivity index (χ4v) is 2.54. The van der Waals surface area contributed by atoms with Gasteiger partial charge in [-0.2, -0.15) is 0 Å².